The second-order valence-electron chi connectivity index (χ2n) is 29.9. The van der Waals surface area contributed by atoms with Crippen molar-refractivity contribution >= 4 is 39.5 Å². The van der Waals surface area contributed by atoms with Crippen LogP contribution in [0.25, 0.3) is 0 Å². The van der Waals surface area contributed by atoms with E-state index in [1.807, 2.05) is 0 Å². The molecule has 0 aromatic rings. The number of rotatable bonds is 76. The lowest BCUT2D eigenvalue weighted by molar-refractivity contribution is -0.161. The largest absolute Gasteiger partial charge is 0.472 e. The van der Waals surface area contributed by atoms with Crippen molar-refractivity contribution in [1.82, 2.24) is 0 Å². The molecule has 0 aliphatic carbocycles. The summed E-state index contributed by atoms with van der Waals surface area (Å²) < 4.78 is 68.6. The minimum absolute atomic E-state index is 0.105. The van der Waals surface area contributed by atoms with Gasteiger partial charge in [0.05, 0.1) is 26.4 Å². The predicted octanol–water partition coefficient (Wildman–Crippen LogP) is 23.2. The van der Waals surface area contributed by atoms with Gasteiger partial charge in [0.1, 0.15) is 19.3 Å². The van der Waals surface area contributed by atoms with E-state index in [0.29, 0.717) is 25.7 Å². The van der Waals surface area contributed by atoms with E-state index in [4.69, 9.17) is 37.0 Å². The molecule has 582 valence electrons. The minimum Gasteiger partial charge on any atom is -0.462 e. The van der Waals surface area contributed by atoms with Crippen LogP contribution in [0.5, 0.6) is 0 Å². The van der Waals surface area contributed by atoms with Gasteiger partial charge in [-0.1, -0.05) is 351 Å². The third-order valence-corrected chi connectivity index (χ3v) is 20.9. The summed E-state index contributed by atoms with van der Waals surface area (Å²) >= 11 is 0. The SMILES string of the molecule is CCC(C)CCCCCCCCCCCCC(=O)O[C@H](COC(=O)CCCCCCCCCCCCCCCCCCCCC(C)C)COP(=O)(O)OC[C@@H](O)COP(=O)(O)OC[C@@H](COC(=O)CCCCCCCCC(C)CC)OC(=O)CCCCCCCCCCCCC(C)C. The highest BCUT2D eigenvalue weighted by molar-refractivity contribution is 7.47. The number of carbonyl (C=O) groups excluding carboxylic acids is 4. The Balaban J connectivity index is 5.21. The van der Waals surface area contributed by atoms with Crippen molar-refractivity contribution in [2.45, 2.75) is 420 Å². The Morgan fingerprint density at radius 2 is 0.490 bits per heavy atom. The van der Waals surface area contributed by atoms with Crippen molar-refractivity contribution in [3.63, 3.8) is 0 Å². The van der Waals surface area contributed by atoms with Crippen molar-refractivity contribution in [2.75, 3.05) is 39.6 Å². The Morgan fingerprint density at radius 3 is 0.724 bits per heavy atom. The predicted molar refractivity (Wildman–Crippen MR) is 400 cm³/mol. The van der Waals surface area contributed by atoms with Gasteiger partial charge in [-0.05, 0) is 49.4 Å². The Hall–Kier alpha value is -1.94. The van der Waals surface area contributed by atoms with E-state index in [1.54, 1.807) is 0 Å². The molecule has 0 rings (SSSR count). The highest BCUT2D eigenvalue weighted by atomic mass is 31.2. The van der Waals surface area contributed by atoms with Crippen molar-refractivity contribution in [2.24, 2.45) is 23.7 Å². The number of ether oxygens (including phenoxy) is 4. The summed E-state index contributed by atoms with van der Waals surface area (Å²) in [6, 6.07) is 0. The molecule has 98 heavy (non-hydrogen) atoms. The first-order chi connectivity index (χ1) is 47.2. The van der Waals surface area contributed by atoms with Gasteiger partial charge in [-0.25, -0.2) is 9.13 Å². The number of aliphatic hydroxyl groups excluding tert-OH is 1. The molecule has 4 unspecified atom stereocenters. The number of phosphoric ester groups is 2. The van der Waals surface area contributed by atoms with E-state index in [9.17, 15) is 43.2 Å². The van der Waals surface area contributed by atoms with Gasteiger partial charge in [0.15, 0.2) is 12.2 Å². The van der Waals surface area contributed by atoms with Gasteiger partial charge in [-0.2, -0.15) is 0 Å². The van der Waals surface area contributed by atoms with Crippen molar-refractivity contribution in [3.05, 3.63) is 0 Å². The summed E-state index contributed by atoms with van der Waals surface area (Å²) in [4.78, 5) is 72.9. The molecule has 3 N–H and O–H groups in total. The molecular formula is C79H154O17P2. The Kier molecular flexibility index (Phi) is 66.8. The van der Waals surface area contributed by atoms with Crippen LogP contribution in [0.2, 0.25) is 0 Å². The molecule has 0 fully saturated rings. The van der Waals surface area contributed by atoms with Crippen molar-refractivity contribution in [3.8, 4) is 0 Å². The second-order valence-corrected chi connectivity index (χ2v) is 32.8. The molecule has 0 radical (unpaired) electrons. The maximum atomic E-state index is 13.1. The van der Waals surface area contributed by atoms with Crippen molar-refractivity contribution in [1.29, 1.82) is 0 Å². The summed E-state index contributed by atoms with van der Waals surface area (Å²) in [5.74, 6) is 0.990. The third-order valence-electron chi connectivity index (χ3n) is 19.0. The van der Waals surface area contributed by atoms with E-state index < -0.39 is 97.5 Å². The van der Waals surface area contributed by atoms with E-state index in [1.165, 1.54) is 199 Å². The quantitative estimate of drug-likeness (QED) is 0.0222. The Labute approximate surface area is 600 Å². The number of hydrogen-bond donors (Lipinski definition) is 3. The van der Waals surface area contributed by atoms with Crippen LogP contribution in [0.3, 0.4) is 0 Å². The monoisotopic (exact) mass is 1440 g/mol. The van der Waals surface area contributed by atoms with Crippen LogP contribution in [0.4, 0.5) is 0 Å². The number of aliphatic hydroxyl groups is 1. The lowest BCUT2D eigenvalue weighted by Crippen LogP contribution is -2.30. The molecule has 0 aliphatic heterocycles. The van der Waals surface area contributed by atoms with Crippen molar-refractivity contribution < 1.29 is 80.2 Å². The van der Waals surface area contributed by atoms with Gasteiger partial charge in [-0.3, -0.25) is 37.3 Å². The van der Waals surface area contributed by atoms with E-state index >= 15 is 0 Å². The molecule has 0 amide bonds. The summed E-state index contributed by atoms with van der Waals surface area (Å²) in [5, 5.41) is 10.6. The third kappa shape index (κ3) is 69.8. The maximum absolute atomic E-state index is 13.1. The molecule has 0 aromatic carbocycles. The molecule has 0 aliphatic rings. The summed E-state index contributed by atoms with van der Waals surface area (Å²) in [7, 11) is -9.92. The van der Waals surface area contributed by atoms with Crippen LogP contribution in [0, 0.1) is 23.7 Å². The Morgan fingerprint density at radius 1 is 0.286 bits per heavy atom. The first-order valence-corrected chi connectivity index (χ1v) is 43.8. The fourth-order valence-corrected chi connectivity index (χ4v) is 13.6. The number of esters is 4. The maximum Gasteiger partial charge on any atom is 0.472 e. The van der Waals surface area contributed by atoms with Gasteiger partial charge in [0.25, 0.3) is 0 Å². The zero-order valence-electron chi connectivity index (χ0n) is 64.4. The average molecular weight is 1440 g/mol. The normalized spacial score (nSPS) is 14.6. The second kappa shape index (κ2) is 68.2. The molecule has 0 saturated heterocycles. The molecule has 0 spiro atoms. The standard InChI is InChI=1S/C79H154O17P2/c1-9-71(7)57-49-41-33-27-22-24-30-36-46-54-62-79(84)95-74(65-89-76(81)59-51-43-34-28-20-18-16-14-12-11-13-15-17-19-25-31-39-47-55-69(3)4)67-93-97(85,86)91-63-73(80)64-92-98(87,88)94-68-75(66-90-77(82)60-52-44-38-37-42-50-58-72(8)10-2)96-78(83)61-53-45-35-29-23-21-26-32-40-48-56-70(5)6/h69-75,80H,9-68H2,1-8H3,(H,85,86)(H,87,88)/t71?,72?,73-,74-,75-/m1/s1. The smallest absolute Gasteiger partial charge is 0.462 e. The minimum atomic E-state index is -4.96. The van der Waals surface area contributed by atoms with Crippen LogP contribution in [0.15, 0.2) is 0 Å². The molecule has 0 heterocycles. The van der Waals surface area contributed by atoms with E-state index in [0.717, 1.165) is 120 Å². The molecule has 7 atom stereocenters. The van der Waals surface area contributed by atoms with E-state index in [-0.39, 0.29) is 25.7 Å². The van der Waals surface area contributed by atoms with Gasteiger partial charge in [0, 0.05) is 25.7 Å². The van der Waals surface area contributed by atoms with Gasteiger partial charge in [0.2, 0.25) is 0 Å². The van der Waals surface area contributed by atoms with Gasteiger partial charge >= 0.3 is 39.5 Å². The molecular weight excluding hydrogens is 1280 g/mol. The van der Waals surface area contributed by atoms with E-state index in [2.05, 4.69) is 55.4 Å². The van der Waals surface area contributed by atoms with Gasteiger partial charge < -0.3 is 33.8 Å². The number of hydrogen-bond acceptors (Lipinski definition) is 15. The molecule has 0 bridgehead atoms. The highest BCUT2D eigenvalue weighted by Crippen LogP contribution is 2.45. The molecule has 0 aromatic heterocycles. The summed E-state index contributed by atoms with van der Waals surface area (Å²) in [6.07, 6.45) is 54.2. The van der Waals surface area contributed by atoms with Gasteiger partial charge in [-0.15, -0.1) is 0 Å². The molecule has 19 heteroatoms. The Bertz CT molecular complexity index is 1920. The van der Waals surface area contributed by atoms with Crippen LogP contribution in [0.1, 0.15) is 402 Å². The first-order valence-electron chi connectivity index (χ1n) is 40.8. The number of unbranched alkanes of at least 4 members (excludes halogenated alkanes) is 40. The van der Waals surface area contributed by atoms with Crippen LogP contribution in [-0.4, -0.2) is 96.7 Å². The highest BCUT2D eigenvalue weighted by Gasteiger charge is 2.30. The first kappa shape index (κ1) is 96.1. The number of phosphoric acid groups is 2. The molecule has 0 saturated carbocycles. The van der Waals surface area contributed by atoms with Crippen LogP contribution >= 0.6 is 15.6 Å². The lowest BCUT2D eigenvalue weighted by Gasteiger charge is -2.21. The molecule has 17 nitrogen and oxygen atoms in total. The topological polar surface area (TPSA) is 237 Å². The van der Waals surface area contributed by atoms with Crippen LogP contribution in [-0.2, 0) is 65.4 Å². The summed E-state index contributed by atoms with van der Waals surface area (Å²) in [6.45, 7) is 14.2. The number of carbonyl (C=O) groups is 4. The summed E-state index contributed by atoms with van der Waals surface area (Å²) in [5.41, 5.74) is 0. The lowest BCUT2D eigenvalue weighted by atomic mass is 9.99. The zero-order chi connectivity index (χ0) is 72.4. The average Bonchev–Trinajstić information content (AvgIpc) is 0.953. The fraction of sp³-hybridized carbons (Fsp3) is 0.949. The van der Waals surface area contributed by atoms with Crippen LogP contribution < -0.4 is 0 Å². The zero-order valence-corrected chi connectivity index (χ0v) is 66.2. The fourth-order valence-electron chi connectivity index (χ4n) is 12.0.